The molecule has 1 fully saturated rings. The summed E-state index contributed by atoms with van der Waals surface area (Å²) in [6.07, 6.45) is 9.00. The third kappa shape index (κ3) is 3.82. The molecule has 1 amide bonds. The maximum absolute atomic E-state index is 11.3. The van der Waals surface area contributed by atoms with Gasteiger partial charge in [0.2, 0.25) is 5.91 Å². The molecule has 6 nitrogen and oxygen atoms in total. The van der Waals surface area contributed by atoms with Crippen molar-refractivity contribution in [3.8, 4) is 0 Å². The van der Waals surface area contributed by atoms with Crippen molar-refractivity contribution in [2.24, 2.45) is 5.73 Å². The molecule has 1 heterocycles. The molecule has 0 spiro atoms. The van der Waals surface area contributed by atoms with Crippen LogP contribution < -0.4 is 16.0 Å². The molecule has 1 aromatic rings. The molecule has 0 unspecified atom stereocenters. The number of nitrogens with zero attached hydrogens (tertiary/aromatic N) is 3. The number of aromatic nitrogens is 2. The molecule has 0 aromatic carbocycles. The van der Waals surface area contributed by atoms with E-state index in [1.807, 2.05) is 4.90 Å². The normalized spacial score (nSPS) is 15.2. The minimum absolute atomic E-state index is 0.205. The minimum Gasteiger partial charge on any atom is -0.369 e. The summed E-state index contributed by atoms with van der Waals surface area (Å²) in [6, 6.07) is 0.346. The maximum Gasteiger partial charge on any atom is 0.237 e. The summed E-state index contributed by atoms with van der Waals surface area (Å²) in [4.78, 5) is 22.1. The molecule has 0 saturated heterocycles. The number of amides is 1. The van der Waals surface area contributed by atoms with Crippen molar-refractivity contribution in [1.29, 1.82) is 0 Å². The van der Waals surface area contributed by atoms with Crippen LogP contribution in [0.15, 0.2) is 12.4 Å². The Kier molecular flexibility index (Phi) is 5.15. The molecule has 20 heavy (non-hydrogen) atoms. The Bertz CT molecular complexity index is 445. The Balaban J connectivity index is 2.16. The molecule has 1 aromatic heterocycles. The second-order valence-corrected chi connectivity index (χ2v) is 5.22. The van der Waals surface area contributed by atoms with Crippen LogP contribution in [0.3, 0.4) is 0 Å². The molecule has 0 bridgehead atoms. The first-order valence-corrected chi connectivity index (χ1v) is 7.31. The number of primary amides is 1. The number of rotatable bonds is 7. The quantitative estimate of drug-likeness (QED) is 0.789. The first-order valence-electron chi connectivity index (χ1n) is 7.31. The first-order chi connectivity index (χ1) is 9.70. The molecule has 3 N–H and O–H groups in total. The average Bonchev–Trinajstić information content (AvgIpc) is 2.96. The molecular weight excluding hydrogens is 254 g/mol. The number of hydrogen-bond donors (Lipinski definition) is 2. The van der Waals surface area contributed by atoms with Crippen molar-refractivity contribution in [2.75, 3.05) is 23.3 Å². The van der Waals surface area contributed by atoms with Crippen molar-refractivity contribution in [3.05, 3.63) is 12.4 Å². The van der Waals surface area contributed by atoms with Gasteiger partial charge in [-0.3, -0.25) is 9.78 Å². The molecule has 1 saturated carbocycles. The summed E-state index contributed by atoms with van der Waals surface area (Å²) < 4.78 is 0. The van der Waals surface area contributed by atoms with Crippen molar-refractivity contribution in [3.63, 3.8) is 0 Å². The number of carbonyl (C=O) groups excluding carboxylic acids is 1. The molecule has 0 radical (unpaired) electrons. The van der Waals surface area contributed by atoms with Crippen LogP contribution in [0.5, 0.6) is 0 Å². The van der Waals surface area contributed by atoms with Crippen molar-refractivity contribution in [2.45, 2.75) is 45.1 Å². The minimum atomic E-state index is -0.328. The van der Waals surface area contributed by atoms with Gasteiger partial charge in [0.1, 0.15) is 11.6 Å². The lowest BCUT2D eigenvalue weighted by molar-refractivity contribution is -0.116. The Morgan fingerprint density at radius 1 is 1.45 bits per heavy atom. The molecule has 1 aliphatic carbocycles. The molecule has 0 atom stereocenters. The van der Waals surface area contributed by atoms with Crippen LogP contribution in [-0.4, -0.2) is 35.0 Å². The number of nitrogens with two attached hydrogens (primary N) is 1. The van der Waals surface area contributed by atoms with Gasteiger partial charge in [0.25, 0.3) is 0 Å². The molecule has 0 aliphatic heterocycles. The zero-order chi connectivity index (χ0) is 14.4. The molecule has 1 aliphatic rings. The van der Waals surface area contributed by atoms with Crippen molar-refractivity contribution in [1.82, 2.24) is 9.97 Å². The Morgan fingerprint density at radius 2 is 2.20 bits per heavy atom. The highest BCUT2D eigenvalue weighted by molar-refractivity contribution is 5.79. The van der Waals surface area contributed by atoms with Gasteiger partial charge < -0.3 is 16.0 Å². The zero-order valence-electron chi connectivity index (χ0n) is 12.0. The largest absolute Gasteiger partial charge is 0.369 e. The average molecular weight is 277 g/mol. The topological polar surface area (TPSA) is 84.1 Å². The number of nitrogens with one attached hydrogen (secondary N) is 1. The van der Waals surface area contributed by atoms with E-state index in [9.17, 15) is 4.79 Å². The van der Waals surface area contributed by atoms with Gasteiger partial charge in [0, 0.05) is 12.6 Å². The fourth-order valence-corrected chi connectivity index (χ4v) is 2.61. The number of anilines is 2. The first kappa shape index (κ1) is 14.6. The second-order valence-electron chi connectivity index (χ2n) is 5.22. The van der Waals surface area contributed by atoms with Crippen LogP contribution in [0.25, 0.3) is 0 Å². The highest BCUT2D eigenvalue weighted by Gasteiger charge is 2.25. The van der Waals surface area contributed by atoms with Crippen LogP contribution in [0.1, 0.15) is 39.0 Å². The third-order valence-corrected chi connectivity index (χ3v) is 3.56. The predicted octanol–water partition coefficient (Wildman–Crippen LogP) is 1.53. The van der Waals surface area contributed by atoms with Gasteiger partial charge in [-0.15, -0.1) is 0 Å². The fourth-order valence-electron chi connectivity index (χ4n) is 2.61. The van der Waals surface area contributed by atoms with Gasteiger partial charge in [-0.25, -0.2) is 4.98 Å². The molecular formula is C14H23N5O. The van der Waals surface area contributed by atoms with E-state index in [2.05, 4.69) is 22.2 Å². The van der Waals surface area contributed by atoms with Gasteiger partial charge in [0.15, 0.2) is 0 Å². The van der Waals surface area contributed by atoms with Crippen LogP contribution in [-0.2, 0) is 4.79 Å². The van der Waals surface area contributed by atoms with Crippen LogP contribution in [0.4, 0.5) is 11.6 Å². The highest BCUT2D eigenvalue weighted by atomic mass is 16.1. The lowest BCUT2D eigenvalue weighted by atomic mass is 10.2. The monoisotopic (exact) mass is 277 g/mol. The van der Waals surface area contributed by atoms with Gasteiger partial charge >= 0.3 is 0 Å². The second kappa shape index (κ2) is 7.07. The summed E-state index contributed by atoms with van der Waals surface area (Å²) in [5.41, 5.74) is 5.37. The van der Waals surface area contributed by atoms with Crippen LogP contribution in [0.2, 0.25) is 0 Å². The van der Waals surface area contributed by atoms with E-state index in [0.29, 0.717) is 6.04 Å². The third-order valence-electron chi connectivity index (χ3n) is 3.56. The Hall–Kier alpha value is -1.85. The smallest absolute Gasteiger partial charge is 0.237 e. The van der Waals surface area contributed by atoms with Crippen molar-refractivity contribution >= 4 is 17.5 Å². The van der Waals surface area contributed by atoms with Crippen molar-refractivity contribution < 1.29 is 4.79 Å². The van der Waals surface area contributed by atoms with E-state index in [1.165, 1.54) is 12.8 Å². The summed E-state index contributed by atoms with van der Waals surface area (Å²) in [5.74, 6) is 1.15. The zero-order valence-corrected chi connectivity index (χ0v) is 12.0. The summed E-state index contributed by atoms with van der Waals surface area (Å²) >= 11 is 0. The van der Waals surface area contributed by atoms with Gasteiger partial charge in [-0.1, -0.05) is 19.8 Å². The molecule has 110 valence electrons. The number of hydrogen-bond acceptors (Lipinski definition) is 5. The summed E-state index contributed by atoms with van der Waals surface area (Å²) in [7, 11) is 0. The molecule has 2 rings (SSSR count). The predicted molar refractivity (Wildman–Crippen MR) is 79.6 cm³/mol. The summed E-state index contributed by atoms with van der Waals surface area (Å²) in [6.45, 7) is 3.16. The molecule has 6 heteroatoms. The maximum atomic E-state index is 11.3. The van der Waals surface area contributed by atoms with Gasteiger partial charge in [0.05, 0.1) is 18.9 Å². The van der Waals surface area contributed by atoms with Crippen LogP contribution in [0, 0.1) is 0 Å². The van der Waals surface area contributed by atoms with Gasteiger partial charge in [-0.2, -0.15) is 0 Å². The van der Waals surface area contributed by atoms with E-state index in [0.717, 1.165) is 37.4 Å². The fraction of sp³-hybridized carbons (Fsp3) is 0.643. The standard InChI is InChI=1S/C14H23N5O/c1-2-7-17-13-8-16-9-14(18-13)19(10-12(15)20)11-5-3-4-6-11/h8-9,11H,2-7,10H2,1H3,(H2,15,20)(H,17,18). The SMILES string of the molecule is CCCNc1cncc(N(CC(N)=O)C2CCCC2)n1. The lowest BCUT2D eigenvalue weighted by Gasteiger charge is -2.28. The Labute approximate surface area is 119 Å². The van der Waals surface area contributed by atoms with E-state index < -0.39 is 0 Å². The van der Waals surface area contributed by atoms with E-state index in [1.54, 1.807) is 12.4 Å². The highest BCUT2D eigenvalue weighted by Crippen LogP contribution is 2.27. The van der Waals surface area contributed by atoms with E-state index >= 15 is 0 Å². The van der Waals surface area contributed by atoms with Crippen LogP contribution >= 0.6 is 0 Å². The van der Waals surface area contributed by atoms with Gasteiger partial charge in [-0.05, 0) is 19.3 Å². The lowest BCUT2D eigenvalue weighted by Crippen LogP contribution is -2.40. The van der Waals surface area contributed by atoms with E-state index in [-0.39, 0.29) is 12.5 Å². The Morgan fingerprint density at radius 3 is 2.85 bits per heavy atom. The summed E-state index contributed by atoms with van der Waals surface area (Å²) in [5, 5.41) is 3.22. The number of carbonyl (C=O) groups is 1. The van der Waals surface area contributed by atoms with E-state index in [4.69, 9.17) is 5.73 Å².